The summed E-state index contributed by atoms with van der Waals surface area (Å²) in [5.74, 6) is -1.93. The summed E-state index contributed by atoms with van der Waals surface area (Å²) in [5.41, 5.74) is -0.613. The molecule has 12 heteroatoms. The van der Waals surface area contributed by atoms with E-state index in [4.69, 9.17) is 11.6 Å². The number of carbonyl (C=O) groups is 1. The van der Waals surface area contributed by atoms with Gasteiger partial charge in [0, 0.05) is 6.07 Å². The number of alkyl halides is 3. The van der Waals surface area contributed by atoms with Gasteiger partial charge in [0.25, 0.3) is 5.69 Å². The van der Waals surface area contributed by atoms with E-state index >= 15 is 0 Å². The van der Waals surface area contributed by atoms with Crippen molar-refractivity contribution in [1.29, 1.82) is 0 Å². The lowest BCUT2D eigenvalue weighted by atomic mass is 10.1. The van der Waals surface area contributed by atoms with Crippen LogP contribution in [0.25, 0.3) is 10.6 Å². The quantitative estimate of drug-likeness (QED) is 0.514. The van der Waals surface area contributed by atoms with Gasteiger partial charge < -0.3 is 5.32 Å². The number of rotatable bonds is 5. The number of carbonyl (C=O) groups excluding carboxylic acids is 1. The third kappa shape index (κ3) is 4.25. The second kappa shape index (κ2) is 7.38. The number of nitro benzene ring substituents is 1. The van der Waals surface area contributed by atoms with Gasteiger partial charge in [-0.3, -0.25) is 14.9 Å². The van der Waals surface area contributed by atoms with Gasteiger partial charge >= 0.3 is 6.18 Å². The van der Waals surface area contributed by atoms with Crippen LogP contribution in [0, 0.1) is 27.4 Å². The highest BCUT2D eigenvalue weighted by Crippen LogP contribution is 2.60. The summed E-state index contributed by atoms with van der Waals surface area (Å²) in [4.78, 5) is 23.1. The molecule has 1 fully saturated rings. The second-order valence-electron chi connectivity index (χ2n) is 7.01. The predicted octanol–water partition coefficient (Wildman–Crippen LogP) is 5.01. The molecule has 0 saturated heterocycles. The van der Waals surface area contributed by atoms with Crippen LogP contribution >= 0.6 is 22.9 Å². The van der Waals surface area contributed by atoms with Crippen molar-refractivity contribution in [2.75, 3.05) is 5.32 Å². The van der Waals surface area contributed by atoms with Crippen LogP contribution in [0.2, 0.25) is 0 Å². The molecule has 1 aliphatic rings. The Morgan fingerprint density at radius 2 is 2.00 bits per heavy atom. The molecule has 2 aromatic rings. The summed E-state index contributed by atoms with van der Waals surface area (Å²) >= 11 is 6.22. The van der Waals surface area contributed by atoms with Gasteiger partial charge in [-0.2, -0.15) is 13.2 Å². The molecule has 0 aliphatic heterocycles. The normalized spacial score (nSPS) is 21.0. The lowest BCUT2D eigenvalue weighted by molar-refractivity contribution is -0.384. The Kier molecular flexibility index (Phi) is 5.39. The first kappa shape index (κ1) is 21.2. The van der Waals surface area contributed by atoms with E-state index in [2.05, 4.69) is 15.5 Å². The molecule has 1 aromatic heterocycles. The molecule has 7 nitrogen and oxygen atoms in total. The summed E-state index contributed by atoms with van der Waals surface area (Å²) in [7, 11) is 0. The largest absolute Gasteiger partial charge is 0.426 e. The van der Waals surface area contributed by atoms with Crippen molar-refractivity contribution in [3.05, 3.63) is 45.5 Å². The second-order valence-corrected chi connectivity index (χ2v) is 8.40. The average molecular weight is 447 g/mol. The highest BCUT2D eigenvalue weighted by atomic mass is 35.5. The van der Waals surface area contributed by atoms with Crippen molar-refractivity contribution in [2.45, 2.75) is 20.0 Å². The fourth-order valence-corrected chi connectivity index (χ4v) is 4.04. The molecule has 2 atom stereocenters. The number of halogens is 4. The molecule has 0 radical (unpaired) electrons. The van der Waals surface area contributed by atoms with E-state index in [1.807, 2.05) is 0 Å². The van der Waals surface area contributed by atoms with Crippen LogP contribution in [0.5, 0.6) is 0 Å². The zero-order valence-electron chi connectivity index (χ0n) is 15.0. The molecule has 1 aromatic carbocycles. The van der Waals surface area contributed by atoms with Gasteiger partial charge in [-0.1, -0.05) is 55.0 Å². The maximum absolute atomic E-state index is 12.7. The highest BCUT2D eigenvalue weighted by molar-refractivity contribution is 7.18. The summed E-state index contributed by atoms with van der Waals surface area (Å²) in [6, 6.07) is 5.95. The number of hydrogen-bond donors (Lipinski definition) is 1. The topological polar surface area (TPSA) is 98.0 Å². The number of hydrogen-bond acceptors (Lipinski definition) is 6. The number of nitrogens with one attached hydrogen (secondary N) is 1. The van der Waals surface area contributed by atoms with Crippen molar-refractivity contribution in [3.63, 3.8) is 0 Å². The molecule has 2 unspecified atom stereocenters. The minimum atomic E-state index is -4.67. The maximum Gasteiger partial charge on any atom is 0.426 e. The van der Waals surface area contributed by atoms with E-state index in [1.54, 1.807) is 19.9 Å². The third-order valence-electron chi connectivity index (χ3n) is 4.78. The molecule has 154 valence electrons. The molecule has 29 heavy (non-hydrogen) atoms. The third-order valence-corrected chi connectivity index (χ3v) is 5.99. The number of nitro groups is 1. The fraction of sp³-hybridized carbons (Fsp3) is 0.353. The van der Waals surface area contributed by atoms with Crippen LogP contribution in [-0.4, -0.2) is 27.2 Å². The van der Waals surface area contributed by atoms with E-state index in [0.29, 0.717) is 0 Å². The van der Waals surface area contributed by atoms with Crippen LogP contribution in [0.3, 0.4) is 0 Å². The van der Waals surface area contributed by atoms with E-state index in [1.165, 1.54) is 18.2 Å². The average Bonchev–Trinajstić information content (AvgIpc) is 2.95. The molecule has 1 aliphatic carbocycles. The number of allylic oxidation sites excluding steroid dienone is 2. The molecule has 0 bridgehead atoms. The lowest BCUT2D eigenvalue weighted by Gasteiger charge is -2.04. The minimum absolute atomic E-state index is 0.0931. The van der Waals surface area contributed by atoms with Gasteiger partial charge in [-0.15, -0.1) is 10.2 Å². The SMILES string of the molecule is CC1(C)C(/C=C(/Cl)C(F)(F)F)C1C(=O)Nc1nnc(-c2ccccc2[N+](=O)[O-])s1. The van der Waals surface area contributed by atoms with Crippen molar-refractivity contribution in [1.82, 2.24) is 10.2 Å². The molecule has 1 amide bonds. The minimum Gasteiger partial charge on any atom is -0.300 e. The molecular weight excluding hydrogens is 433 g/mol. The van der Waals surface area contributed by atoms with Crippen LogP contribution in [-0.2, 0) is 4.79 Å². The van der Waals surface area contributed by atoms with E-state index < -0.39 is 39.3 Å². The van der Waals surface area contributed by atoms with Crippen molar-refractivity contribution in [2.24, 2.45) is 17.3 Å². The number of anilines is 1. The first-order chi connectivity index (χ1) is 13.4. The van der Waals surface area contributed by atoms with Crippen LogP contribution in [0.4, 0.5) is 24.0 Å². The Labute approximate surface area is 171 Å². The summed E-state index contributed by atoms with van der Waals surface area (Å²) in [6.07, 6.45) is -3.82. The Bertz CT molecular complexity index is 1010. The van der Waals surface area contributed by atoms with Crippen molar-refractivity contribution >= 4 is 39.7 Å². The van der Waals surface area contributed by atoms with E-state index in [9.17, 15) is 28.1 Å². The summed E-state index contributed by atoms with van der Waals surface area (Å²) in [5, 5.41) is 20.4. The van der Waals surface area contributed by atoms with Crippen molar-refractivity contribution < 1.29 is 22.9 Å². The summed E-state index contributed by atoms with van der Waals surface area (Å²) < 4.78 is 38.0. The number of amides is 1. The molecule has 1 saturated carbocycles. The van der Waals surface area contributed by atoms with Gasteiger partial charge in [0.15, 0.2) is 5.01 Å². The Morgan fingerprint density at radius 3 is 2.62 bits per heavy atom. The molecule has 1 heterocycles. The maximum atomic E-state index is 12.7. The molecule has 1 N–H and O–H groups in total. The predicted molar refractivity (Wildman–Crippen MR) is 101 cm³/mol. The van der Waals surface area contributed by atoms with Gasteiger partial charge in [0.1, 0.15) is 5.03 Å². The highest BCUT2D eigenvalue weighted by Gasteiger charge is 2.61. The smallest absolute Gasteiger partial charge is 0.300 e. The lowest BCUT2D eigenvalue weighted by Crippen LogP contribution is -2.16. The standard InChI is InChI=1S/C17H14ClF3N4O3S/c1-16(2)9(7-11(18)17(19,20)21)12(16)13(26)22-15-24-23-14(29-15)8-5-3-4-6-10(8)25(27)28/h3-7,9,12H,1-2H3,(H,22,24,26)/b11-7+. The Balaban J connectivity index is 1.76. The first-order valence-electron chi connectivity index (χ1n) is 8.25. The zero-order valence-corrected chi connectivity index (χ0v) is 16.6. The van der Waals surface area contributed by atoms with E-state index in [-0.39, 0.29) is 21.4 Å². The van der Waals surface area contributed by atoms with Crippen LogP contribution in [0.1, 0.15) is 13.8 Å². The van der Waals surface area contributed by atoms with Crippen LogP contribution in [0.15, 0.2) is 35.4 Å². The van der Waals surface area contributed by atoms with Gasteiger partial charge in [0.2, 0.25) is 11.0 Å². The monoisotopic (exact) mass is 446 g/mol. The molecule has 0 spiro atoms. The number of nitrogens with zero attached hydrogens (tertiary/aromatic N) is 3. The number of benzene rings is 1. The van der Waals surface area contributed by atoms with Gasteiger partial charge in [-0.05, 0) is 17.4 Å². The van der Waals surface area contributed by atoms with Crippen LogP contribution < -0.4 is 5.32 Å². The molecular formula is C17H14ClF3N4O3S. The van der Waals surface area contributed by atoms with Gasteiger partial charge in [0.05, 0.1) is 16.4 Å². The Morgan fingerprint density at radius 1 is 1.34 bits per heavy atom. The van der Waals surface area contributed by atoms with Crippen molar-refractivity contribution in [3.8, 4) is 10.6 Å². The Hall–Kier alpha value is -2.53. The number of aromatic nitrogens is 2. The zero-order chi connectivity index (χ0) is 21.6. The number of para-hydroxylation sites is 1. The summed E-state index contributed by atoms with van der Waals surface area (Å²) in [6.45, 7) is 3.33. The fourth-order valence-electron chi connectivity index (χ4n) is 3.12. The molecule has 3 rings (SSSR count). The van der Waals surface area contributed by atoms with Gasteiger partial charge in [-0.25, -0.2) is 0 Å². The first-order valence-corrected chi connectivity index (χ1v) is 9.45. The van der Waals surface area contributed by atoms with E-state index in [0.717, 1.165) is 17.4 Å².